The molecule has 1 N–H and O–H groups in total. The number of carbonyl (C=O) groups is 2. The summed E-state index contributed by atoms with van der Waals surface area (Å²) in [6.07, 6.45) is 13.8. The molecule has 2 unspecified atom stereocenters. The molecule has 0 radical (unpaired) electrons. The van der Waals surface area contributed by atoms with Crippen LogP contribution >= 0.6 is 0 Å². The molecule has 1 aliphatic carbocycles. The average Bonchev–Trinajstić information content (AvgIpc) is 3.13. The largest absolute Gasteiger partial charge is 0.480 e. The van der Waals surface area contributed by atoms with Crippen molar-refractivity contribution < 1.29 is 14.7 Å². The summed E-state index contributed by atoms with van der Waals surface area (Å²) in [6.45, 7) is 0.317. The van der Waals surface area contributed by atoms with Crippen LogP contribution in [0.5, 0.6) is 0 Å². The van der Waals surface area contributed by atoms with Crippen LogP contribution < -0.4 is 10.5 Å². The summed E-state index contributed by atoms with van der Waals surface area (Å²) in [4.78, 5) is 48.5. The van der Waals surface area contributed by atoms with Gasteiger partial charge in [-0.1, -0.05) is 44.2 Å². The number of aliphatic carboxylic acids is 1. The Balaban J connectivity index is 1.29. The normalized spacial score (nSPS) is 27.5. The summed E-state index contributed by atoms with van der Waals surface area (Å²) >= 11 is 0. The number of carboxylic acid groups (broad SMARTS) is 1. The number of hydrogen-bond acceptors (Lipinski definition) is 6. The topological polar surface area (TPSA) is 99.0 Å². The molecule has 204 valence electrons. The van der Waals surface area contributed by atoms with E-state index in [1.807, 2.05) is 28.8 Å². The quantitative estimate of drug-likeness (QED) is 0.644. The van der Waals surface area contributed by atoms with Gasteiger partial charge in [-0.25, -0.2) is 4.98 Å². The molecule has 38 heavy (non-hydrogen) atoms. The minimum atomic E-state index is -1.03. The summed E-state index contributed by atoms with van der Waals surface area (Å²) in [5.74, 6) is -1.01. The van der Waals surface area contributed by atoms with E-state index in [2.05, 4.69) is 4.90 Å². The Bertz CT molecular complexity index is 1240. The minimum absolute atomic E-state index is 0.0285. The SMILES string of the molecule is O=C(O)CN1CCN(c2nc3ccccc3n(C3CC4CCC(C3)N4C3CCCCCCC3)c2=O)CC1=O. The van der Waals surface area contributed by atoms with Crippen LogP contribution in [0.3, 0.4) is 0 Å². The molecule has 4 fully saturated rings. The fraction of sp³-hybridized carbons (Fsp3) is 0.655. The summed E-state index contributed by atoms with van der Waals surface area (Å²) in [5.41, 5.74) is 1.49. The van der Waals surface area contributed by atoms with Gasteiger partial charge in [-0.2, -0.15) is 0 Å². The summed E-state index contributed by atoms with van der Waals surface area (Å²) < 4.78 is 1.98. The van der Waals surface area contributed by atoms with Crippen LogP contribution in [0.4, 0.5) is 5.82 Å². The molecule has 9 heteroatoms. The van der Waals surface area contributed by atoms with Crippen LogP contribution in [0.2, 0.25) is 0 Å². The Kier molecular flexibility index (Phi) is 7.12. The third kappa shape index (κ3) is 4.81. The lowest BCUT2D eigenvalue weighted by Gasteiger charge is -2.45. The average molecular weight is 522 g/mol. The van der Waals surface area contributed by atoms with Crippen LogP contribution in [0.1, 0.15) is 76.7 Å². The van der Waals surface area contributed by atoms with Gasteiger partial charge in [-0.15, -0.1) is 0 Å². The number of amides is 1. The van der Waals surface area contributed by atoms with Gasteiger partial charge in [-0.05, 0) is 50.7 Å². The highest BCUT2D eigenvalue weighted by molar-refractivity contribution is 5.86. The lowest BCUT2D eigenvalue weighted by Crippen LogP contribution is -2.54. The van der Waals surface area contributed by atoms with Crippen molar-refractivity contribution in [3.05, 3.63) is 34.6 Å². The smallest absolute Gasteiger partial charge is 0.323 e. The van der Waals surface area contributed by atoms with Gasteiger partial charge in [0.25, 0.3) is 5.56 Å². The molecule has 1 saturated carbocycles. The molecule has 0 spiro atoms. The summed E-state index contributed by atoms with van der Waals surface area (Å²) in [7, 11) is 0. The molecule has 4 aliphatic rings. The molecule has 3 saturated heterocycles. The highest BCUT2D eigenvalue weighted by Gasteiger charge is 2.44. The van der Waals surface area contributed by atoms with E-state index in [1.54, 1.807) is 4.90 Å². The number of piperidine rings is 1. The van der Waals surface area contributed by atoms with Crippen molar-refractivity contribution in [3.63, 3.8) is 0 Å². The second-order valence-electron chi connectivity index (χ2n) is 11.7. The van der Waals surface area contributed by atoms with Gasteiger partial charge in [0.2, 0.25) is 5.91 Å². The standard InChI is InChI=1S/C29H39N5O4/c35-26-18-32(15-14-31(26)19-27(36)37)28-29(38)34(25-11-7-6-10-24(25)30-28)23-16-21-12-13-22(17-23)33(21)20-8-4-2-1-3-5-9-20/h6-7,10-11,20-23H,1-5,8-9,12-19H2,(H,36,37). The fourth-order valence-corrected chi connectivity index (χ4v) is 7.65. The molecule has 1 aromatic heterocycles. The number of rotatable bonds is 5. The zero-order valence-corrected chi connectivity index (χ0v) is 22.1. The highest BCUT2D eigenvalue weighted by atomic mass is 16.4. The molecule has 2 atom stereocenters. The van der Waals surface area contributed by atoms with Crippen LogP contribution in [-0.2, 0) is 9.59 Å². The van der Waals surface area contributed by atoms with E-state index in [0.717, 1.165) is 23.9 Å². The number of nitrogens with zero attached hydrogens (tertiary/aromatic N) is 5. The number of benzene rings is 1. The highest BCUT2D eigenvalue weighted by Crippen LogP contribution is 2.44. The third-order valence-electron chi connectivity index (χ3n) is 9.35. The predicted octanol–water partition coefficient (Wildman–Crippen LogP) is 3.41. The lowest BCUT2D eigenvalue weighted by molar-refractivity contribution is -0.144. The maximum Gasteiger partial charge on any atom is 0.323 e. The van der Waals surface area contributed by atoms with E-state index in [0.29, 0.717) is 30.5 Å². The number of carbonyl (C=O) groups excluding carboxylic acids is 1. The molecular formula is C29H39N5O4. The molecular weight excluding hydrogens is 482 g/mol. The number of piperazine rings is 1. The second kappa shape index (κ2) is 10.7. The van der Waals surface area contributed by atoms with Crippen LogP contribution in [0, 0.1) is 0 Å². The first kappa shape index (κ1) is 25.3. The number of aromatic nitrogens is 2. The molecule has 1 amide bonds. The molecule has 6 rings (SSSR count). The molecule has 3 aliphatic heterocycles. The first-order chi connectivity index (χ1) is 18.5. The van der Waals surface area contributed by atoms with Crippen molar-refractivity contribution in [2.24, 2.45) is 0 Å². The van der Waals surface area contributed by atoms with Gasteiger partial charge < -0.3 is 19.5 Å². The van der Waals surface area contributed by atoms with Gasteiger partial charge in [-0.3, -0.25) is 19.3 Å². The van der Waals surface area contributed by atoms with Crippen molar-refractivity contribution in [2.45, 2.75) is 94.8 Å². The van der Waals surface area contributed by atoms with E-state index >= 15 is 0 Å². The van der Waals surface area contributed by atoms with Crippen molar-refractivity contribution in [3.8, 4) is 0 Å². The van der Waals surface area contributed by atoms with E-state index in [9.17, 15) is 14.4 Å². The van der Waals surface area contributed by atoms with E-state index in [-0.39, 0.29) is 37.1 Å². The van der Waals surface area contributed by atoms with Crippen molar-refractivity contribution in [2.75, 3.05) is 31.1 Å². The Labute approximate surface area is 223 Å². The number of fused-ring (bicyclic) bond motifs is 3. The monoisotopic (exact) mass is 521 g/mol. The molecule has 9 nitrogen and oxygen atoms in total. The minimum Gasteiger partial charge on any atom is -0.480 e. The first-order valence-corrected chi connectivity index (χ1v) is 14.5. The molecule has 4 heterocycles. The van der Waals surface area contributed by atoms with E-state index in [4.69, 9.17) is 10.1 Å². The van der Waals surface area contributed by atoms with Gasteiger partial charge in [0.05, 0.1) is 17.6 Å². The van der Waals surface area contributed by atoms with E-state index in [1.165, 1.54) is 62.7 Å². The fourth-order valence-electron chi connectivity index (χ4n) is 7.65. The van der Waals surface area contributed by atoms with Crippen LogP contribution in [-0.4, -0.2) is 80.6 Å². The zero-order chi connectivity index (χ0) is 26.2. The lowest BCUT2D eigenvalue weighted by atomic mass is 9.89. The van der Waals surface area contributed by atoms with Gasteiger partial charge in [0.15, 0.2) is 5.82 Å². The second-order valence-corrected chi connectivity index (χ2v) is 11.7. The Morgan fingerprint density at radius 2 is 1.55 bits per heavy atom. The molecule has 2 bridgehead atoms. The molecule has 1 aromatic carbocycles. The predicted molar refractivity (Wildman–Crippen MR) is 145 cm³/mol. The van der Waals surface area contributed by atoms with Gasteiger partial charge >= 0.3 is 5.97 Å². The summed E-state index contributed by atoms with van der Waals surface area (Å²) in [5, 5.41) is 9.11. The first-order valence-electron chi connectivity index (χ1n) is 14.5. The van der Waals surface area contributed by atoms with Crippen LogP contribution in [0.15, 0.2) is 29.1 Å². The van der Waals surface area contributed by atoms with Crippen molar-refractivity contribution in [1.82, 2.24) is 19.4 Å². The third-order valence-corrected chi connectivity index (χ3v) is 9.35. The summed E-state index contributed by atoms with van der Waals surface area (Å²) in [6, 6.07) is 9.67. The number of para-hydroxylation sites is 2. The van der Waals surface area contributed by atoms with Crippen molar-refractivity contribution >= 4 is 28.7 Å². The van der Waals surface area contributed by atoms with Gasteiger partial charge in [0, 0.05) is 37.3 Å². The Morgan fingerprint density at radius 1 is 0.868 bits per heavy atom. The zero-order valence-electron chi connectivity index (χ0n) is 22.1. The Hall–Kier alpha value is -2.94. The number of anilines is 1. The number of carboxylic acids is 1. The molecule has 2 aromatic rings. The maximum absolute atomic E-state index is 14.1. The van der Waals surface area contributed by atoms with Crippen LogP contribution in [0.25, 0.3) is 11.0 Å². The van der Waals surface area contributed by atoms with Crippen molar-refractivity contribution in [1.29, 1.82) is 0 Å². The van der Waals surface area contributed by atoms with E-state index < -0.39 is 5.97 Å². The number of hydrogen-bond donors (Lipinski definition) is 1. The Morgan fingerprint density at radius 3 is 2.24 bits per heavy atom. The maximum atomic E-state index is 14.1. The van der Waals surface area contributed by atoms with Gasteiger partial charge in [0.1, 0.15) is 6.54 Å².